The summed E-state index contributed by atoms with van der Waals surface area (Å²) in [6.45, 7) is 5.87. The van der Waals surface area contributed by atoms with E-state index in [1.165, 1.54) is 0 Å². The van der Waals surface area contributed by atoms with Crippen molar-refractivity contribution >= 4 is 32.4 Å². The molecule has 2 N–H and O–H groups in total. The van der Waals surface area contributed by atoms with Gasteiger partial charge in [0, 0.05) is 5.56 Å². The maximum atomic E-state index is 13.3. The third-order valence-electron chi connectivity index (χ3n) is 5.31. The zero-order chi connectivity index (χ0) is 24.3. The summed E-state index contributed by atoms with van der Waals surface area (Å²) in [7, 11) is -4.02. The molecule has 174 valence electrons. The highest BCUT2D eigenvalue weighted by Gasteiger charge is 2.27. The number of sulfonamides is 1. The van der Waals surface area contributed by atoms with Crippen LogP contribution in [0.2, 0.25) is 0 Å². The third-order valence-corrected chi connectivity index (χ3v) is 7.94. The number of nitrogens with one attached hydrogen (secondary N) is 2. The lowest BCUT2D eigenvalue weighted by Crippen LogP contribution is -2.30. The van der Waals surface area contributed by atoms with E-state index < -0.39 is 16.1 Å². The van der Waals surface area contributed by atoms with E-state index in [0.717, 1.165) is 39.2 Å². The number of hydrogen-bond donors (Lipinski definition) is 2. The molecule has 1 amide bonds. The first-order valence-corrected chi connectivity index (χ1v) is 12.9. The van der Waals surface area contributed by atoms with Gasteiger partial charge in [0.15, 0.2) is 0 Å². The van der Waals surface area contributed by atoms with Crippen LogP contribution in [0.15, 0.2) is 77.1 Å². The van der Waals surface area contributed by atoms with Crippen LogP contribution >= 0.6 is 11.3 Å². The largest absolute Gasteiger partial charge is 0.296 e. The molecule has 9 heteroatoms. The lowest BCUT2D eigenvalue weighted by atomic mass is 9.95. The molecule has 0 unspecified atom stereocenters. The van der Waals surface area contributed by atoms with Gasteiger partial charge < -0.3 is 0 Å². The van der Waals surface area contributed by atoms with Gasteiger partial charge in [0.05, 0.1) is 6.04 Å². The van der Waals surface area contributed by atoms with Crippen molar-refractivity contribution in [2.45, 2.75) is 31.2 Å². The minimum absolute atomic E-state index is 0.105. The molecular formula is C25H24N4O3S2. The number of benzene rings is 3. The molecule has 0 aliphatic carbocycles. The van der Waals surface area contributed by atoms with E-state index in [0.29, 0.717) is 5.56 Å². The Kier molecular flexibility index (Phi) is 6.87. The lowest BCUT2D eigenvalue weighted by molar-refractivity contribution is 0.102. The van der Waals surface area contributed by atoms with E-state index in [1.54, 1.807) is 12.1 Å². The van der Waals surface area contributed by atoms with Crippen molar-refractivity contribution in [1.29, 1.82) is 0 Å². The molecule has 0 fully saturated rings. The smallest absolute Gasteiger partial charge is 0.270 e. The van der Waals surface area contributed by atoms with E-state index in [2.05, 4.69) is 20.2 Å². The van der Waals surface area contributed by atoms with Gasteiger partial charge in [0.2, 0.25) is 9.47 Å². The molecule has 0 radical (unpaired) electrons. The van der Waals surface area contributed by atoms with Crippen LogP contribution in [0.5, 0.6) is 0 Å². The predicted molar refractivity (Wildman–Crippen MR) is 134 cm³/mol. The summed E-state index contributed by atoms with van der Waals surface area (Å²) in [5, 5.41) is 10.4. The van der Waals surface area contributed by atoms with Gasteiger partial charge in [0.1, 0.15) is 0 Å². The lowest BCUT2D eigenvalue weighted by Gasteiger charge is -2.21. The molecular weight excluding hydrogens is 468 g/mol. The van der Waals surface area contributed by atoms with Gasteiger partial charge in [0.25, 0.3) is 15.9 Å². The summed E-state index contributed by atoms with van der Waals surface area (Å²) >= 11 is 0.800. The van der Waals surface area contributed by atoms with Gasteiger partial charge in [-0.05, 0) is 49.6 Å². The fraction of sp³-hybridized carbons (Fsp3) is 0.160. The molecule has 0 bridgehead atoms. The Balaban J connectivity index is 1.59. The van der Waals surface area contributed by atoms with Crippen molar-refractivity contribution in [2.24, 2.45) is 0 Å². The second-order valence-electron chi connectivity index (χ2n) is 8.02. The summed E-state index contributed by atoms with van der Waals surface area (Å²) in [5.74, 6) is -0.384. The SMILES string of the molecule is Cc1ccc(C(=O)Nc2nnc(S(=O)(=O)N[C@H](c3ccccc3)c3ccc(C)cc3C)s2)cc1. The maximum absolute atomic E-state index is 13.3. The minimum Gasteiger partial charge on any atom is -0.296 e. The van der Waals surface area contributed by atoms with Crippen LogP contribution in [0.25, 0.3) is 0 Å². The van der Waals surface area contributed by atoms with Gasteiger partial charge in [-0.15, -0.1) is 10.2 Å². The summed E-state index contributed by atoms with van der Waals surface area (Å²) < 4.78 is 29.1. The number of aryl methyl sites for hydroxylation is 3. The molecule has 4 rings (SSSR count). The van der Waals surface area contributed by atoms with Crippen LogP contribution in [-0.2, 0) is 10.0 Å². The van der Waals surface area contributed by atoms with Crippen molar-refractivity contribution in [2.75, 3.05) is 5.32 Å². The summed E-state index contributed by atoms with van der Waals surface area (Å²) in [6.07, 6.45) is 0. The fourth-order valence-electron chi connectivity index (χ4n) is 3.55. The number of anilines is 1. The molecule has 0 aliphatic heterocycles. The zero-order valence-electron chi connectivity index (χ0n) is 18.9. The molecule has 0 saturated heterocycles. The van der Waals surface area contributed by atoms with Crippen molar-refractivity contribution < 1.29 is 13.2 Å². The minimum atomic E-state index is -4.02. The highest BCUT2D eigenvalue weighted by molar-refractivity contribution is 7.91. The number of carbonyl (C=O) groups is 1. The number of rotatable bonds is 7. The van der Waals surface area contributed by atoms with Crippen LogP contribution < -0.4 is 10.0 Å². The fourth-order valence-corrected chi connectivity index (χ4v) is 5.67. The number of carbonyl (C=O) groups excluding carboxylic acids is 1. The van der Waals surface area contributed by atoms with Crippen molar-refractivity contribution in [3.8, 4) is 0 Å². The molecule has 34 heavy (non-hydrogen) atoms. The van der Waals surface area contributed by atoms with Crippen molar-refractivity contribution in [1.82, 2.24) is 14.9 Å². The van der Waals surface area contributed by atoms with Gasteiger partial charge >= 0.3 is 0 Å². The third kappa shape index (κ3) is 5.39. The molecule has 0 aliphatic rings. The second-order valence-corrected chi connectivity index (χ2v) is 10.9. The monoisotopic (exact) mass is 492 g/mol. The Labute approximate surface area is 202 Å². The number of amides is 1. The van der Waals surface area contributed by atoms with Crippen LogP contribution in [0.4, 0.5) is 5.13 Å². The van der Waals surface area contributed by atoms with Gasteiger partial charge in [-0.3, -0.25) is 10.1 Å². The van der Waals surface area contributed by atoms with Crippen LogP contribution in [0, 0.1) is 20.8 Å². The average molecular weight is 493 g/mol. The molecule has 4 aromatic rings. The Morgan fingerprint density at radius 1 is 0.882 bits per heavy atom. The Morgan fingerprint density at radius 2 is 1.56 bits per heavy atom. The molecule has 1 aromatic heterocycles. The first kappa shape index (κ1) is 23.7. The normalized spacial score (nSPS) is 12.3. The second kappa shape index (κ2) is 9.84. The maximum Gasteiger partial charge on any atom is 0.270 e. The van der Waals surface area contributed by atoms with Crippen LogP contribution in [0.1, 0.15) is 44.2 Å². The molecule has 1 atom stereocenters. The summed E-state index contributed by atoms with van der Waals surface area (Å²) in [5.41, 5.74) is 5.19. The van der Waals surface area contributed by atoms with E-state index in [-0.39, 0.29) is 15.4 Å². The van der Waals surface area contributed by atoms with Crippen LogP contribution in [-0.4, -0.2) is 24.5 Å². The Hall–Kier alpha value is -3.40. The predicted octanol–water partition coefficient (Wildman–Crippen LogP) is 4.78. The van der Waals surface area contributed by atoms with Crippen molar-refractivity contribution in [3.05, 3.63) is 106 Å². The molecule has 7 nitrogen and oxygen atoms in total. The van der Waals surface area contributed by atoms with Gasteiger partial charge in [-0.25, -0.2) is 8.42 Å². The summed E-state index contributed by atoms with van der Waals surface area (Å²) in [6, 6.07) is 21.7. The quantitative estimate of drug-likeness (QED) is 0.362. The van der Waals surface area contributed by atoms with Crippen LogP contribution in [0.3, 0.4) is 0 Å². The topological polar surface area (TPSA) is 101 Å². The molecule has 0 spiro atoms. The highest BCUT2D eigenvalue weighted by atomic mass is 32.2. The highest BCUT2D eigenvalue weighted by Crippen LogP contribution is 2.29. The molecule has 3 aromatic carbocycles. The number of nitrogens with zero attached hydrogens (tertiary/aromatic N) is 2. The first-order chi connectivity index (χ1) is 16.2. The standard InChI is InChI=1S/C25H24N4O3S2/c1-16-9-12-20(13-10-16)23(30)26-24-27-28-25(33-24)34(31,32)29-22(19-7-5-4-6-8-19)21-14-11-17(2)15-18(21)3/h4-15,22,29H,1-3H3,(H,26,27,30)/t22-/m1/s1. The van der Waals surface area contributed by atoms with Crippen molar-refractivity contribution in [3.63, 3.8) is 0 Å². The van der Waals surface area contributed by atoms with E-state index in [9.17, 15) is 13.2 Å². The molecule has 0 saturated carbocycles. The van der Waals surface area contributed by atoms with E-state index in [4.69, 9.17) is 0 Å². The molecule has 1 heterocycles. The average Bonchev–Trinajstić information content (AvgIpc) is 3.28. The Morgan fingerprint density at radius 3 is 2.24 bits per heavy atom. The zero-order valence-corrected chi connectivity index (χ0v) is 20.6. The van der Waals surface area contributed by atoms with Gasteiger partial charge in [-0.1, -0.05) is 83.1 Å². The van der Waals surface area contributed by atoms with Gasteiger partial charge in [-0.2, -0.15) is 4.72 Å². The number of aromatic nitrogens is 2. The van der Waals surface area contributed by atoms with E-state index in [1.807, 2.05) is 81.4 Å². The van der Waals surface area contributed by atoms with E-state index >= 15 is 0 Å². The number of hydrogen-bond acceptors (Lipinski definition) is 6. The Bertz CT molecular complexity index is 1420. The summed E-state index contributed by atoms with van der Waals surface area (Å²) in [4.78, 5) is 12.5. The first-order valence-electron chi connectivity index (χ1n) is 10.6.